The van der Waals surface area contributed by atoms with Gasteiger partial charge in [-0.1, -0.05) is 0 Å². The lowest BCUT2D eigenvalue weighted by atomic mass is 9.93. The van der Waals surface area contributed by atoms with Crippen molar-refractivity contribution in [2.75, 3.05) is 12.5 Å². The zero-order valence-electron chi connectivity index (χ0n) is 5.59. The summed E-state index contributed by atoms with van der Waals surface area (Å²) >= 11 is 0. The summed E-state index contributed by atoms with van der Waals surface area (Å²) in [5.41, 5.74) is 5.62. The molecule has 1 aliphatic carbocycles. The Labute approximate surface area is 54.0 Å². The molecule has 1 saturated carbocycles. The Morgan fingerprint density at radius 1 is 1.38 bits per heavy atom. The first-order valence-electron chi connectivity index (χ1n) is 3.12. The van der Waals surface area contributed by atoms with E-state index in [1.807, 2.05) is 0 Å². The van der Waals surface area contributed by atoms with E-state index in [2.05, 4.69) is 12.5 Å². The summed E-state index contributed by atoms with van der Waals surface area (Å²) in [7, 11) is 0.318. The molecule has 50 valence electrons. The second-order valence-electron chi connectivity index (χ2n) is 2.85. The van der Waals surface area contributed by atoms with Gasteiger partial charge in [-0.2, -0.15) is 0 Å². The van der Waals surface area contributed by atoms with E-state index in [9.17, 15) is 0 Å². The molecule has 0 atom stereocenters. The molecule has 0 heterocycles. The summed E-state index contributed by atoms with van der Waals surface area (Å²) in [6.45, 7) is 0. The average Bonchev–Trinajstić information content (AvgIpc) is 1.57. The third-order valence-corrected chi connectivity index (χ3v) is 3.76. The SMILES string of the molecule is C[SH](C)C1CC(N)C1. The Morgan fingerprint density at radius 3 is 2.00 bits per heavy atom. The van der Waals surface area contributed by atoms with Crippen molar-refractivity contribution >= 4 is 10.9 Å². The molecule has 0 aliphatic heterocycles. The van der Waals surface area contributed by atoms with Crippen molar-refractivity contribution in [2.24, 2.45) is 5.73 Å². The van der Waals surface area contributed by atoms with Crippen LogP contribution >= 0.6 is 10.9 Å². The Kier molecular flexibility index (Phi) is 1.83. The van der Waals surface area contributed by atoms with Crippen LogP contribution in [0.25, 0.3) is 0 Å². The molecule has 0 spiro atoms. The van der Waals surface area contributed by atoms with E-state index in [-0.39, 0.29) is 0 Å². The monoisotopic (exact) mass is 133 g/mol. The highest BCUT2D eigenvalue weighted by molar-refractivity contribution is 8.16. The fraction of sp³-hybridized carbons (Fsp3) is 1.00. The van der Waals surface area contributed by atoms with Gasteiger partial charge in [0.25, 0.3) is 0 Å². The summed E-state index contributed by atoms with van der Waals surface area (Å²) in [4.78, 5) is 0. The third kappa shape index (κ3) is 1.17. The van der Waals surface area contributed by atoms with Gasteiger partial charge in [-0.15, -0.1) is 0 Å². The predicted octanol–water partition coefficient (Wildman–Crippen LogP) is 0.737. The Morgan fingerprint density at radius 2 is 1.88 bits per heavy atom. The van der Waals surface area contributed by atoms with Gasteiger partial charge in [-0.05, 0) is 30.6 Å². The number of hydrogen-bond donors (Lipinski definition) is 2. The number of hydrogen-bond acceptors (Lipinski definition) is 1. The van der Waals surface area contributed by atoms with E-state index in [0.717, 1.165) is 5.25 Å². The van der Waals surface area contributed by atoms with Gasteiger partial charge in [0.1, 0.15) is 0 Å². The number of nitrogens with two attached hydrogens (primary N) is 1. The number of thiol groups is 1. The van der Waals surface area contributed by atoms with Crippen molar-refractivity contribution < 1.29 is 0 Å². The first kappa shape index (κ1) is 6.43. The van der Waals surface area contributed by atoms with Crippen LogP contribution in [0.5, 0.6) is 0 Å². The second kappa shape index (κ2) is 2.28. The smallest absolute Gasteiger partial charge is 0.00586 e. The molecule has 8 heavy (non-hydrogen) atoms. The Hall–Kier alpha value is 0.310. The van der Waals surface area contributed by atoms with Crippen molar-refractivity contribution in [1.29, 1.82) is 0 Å². The topological polar surface area (TPSA) is 26.0 Å². The van der Waals surface area contributed by atoms with E-state index < -0.39 is 0 Å². The van der Waals surface area contributed by atoms with Gasteiger partial charge in [0.05, 0.1) is 0 Å². The minimum Gasteiger partial charge on any atom is -0.328 e. The molecule has 2 heteroatoms. The zero-order valence-corrected chi connectivity index (χ0v) is 6.49. The third-order valence-electron chi connectivity index (χ3n) is 1.88. The molecule has 0 aromatic heterocycles. The maximum absolute atomic E-state index is 5.62. The minimum atomic E-state index is 0.318. The van der Waals surface area contributed by atoms with Gasteiger partial charge in [-0.3, -0.25) is 10.9 Å². The summed E-state index contributed by atoms with van der Waals surface area (Å²) in [5.74, 6) is 0. The molecular weight excluding hydrogens is 118 g/mol. The summed E-state index contributed by atoms with van der Waals surface area (Å²) in [6, 6.07) is 0.546. The highest BCUT2D eigenvalue weighted by Gasteiger charge is 2.26. The van der Waals surface area contributed by atoms with Gasteiger partial charge >= 0.3 is 0 Å². The molecule has 1 rings (SSSR count). The van der Waals surface area contributed by atoms with Crippen LogP contribution in [-0.4, -0.2) is 23.8 Å². The molecule has 0 radical (unpaired) electrons. The summed E-state index contributed by atoms with van der Waals surface area (Å²) < 4.78 is 0. The maximum atomic E-state index is 5.62. The molecule has 0 aromatic carbocycles. The summed E-state index contributed by atoms with van der Waals surface area (Å²) in [5, 5.41) is 1.000. The highest BCUT2D eigenvalue weighted by atomic mass is 32.2. The molecular formula is C6H15NS. The molecule has 0 unspecified atom stereocenters. The minimum absolute atomic E-state index is 0.318. The van der Waals surface area contributed by atoms with Crippen molar-refractivity contribution in [1.82, 2.24) is 0 Å². The van der Waals surface area contributed by atoms with Crippen LogP contribution in [0.4, 0.5) is 0 Å². The van der Waals surface area contributed by atoms with Crippen molar-refractivity contribution in [3.63, 3.8) is 0 Å². The number of rotatable bonds is 1. The standard InChI is InChI=1S/C6H15NS/c1-8(2)6-3-5(7)4-6/h5-6,8H,3-4,7H2,1-2H3. The second-order valence-corrected chi connectivity index (χ2v) is 5.51. The van der Waals surface area contributed by atoms with Gasteiger partial charge in [0, 0.05) is 6.04 Å². The molecule has 1 aliphatic rings. The molecule has 0 aromatic rings. The molecule has 1 fully saturated rings. The Bertz CT molecular complexity index is 76.6. The zero-order chi connectivity index (χ0) is 6.15. The maximum Gasteiger partial charge on any atom is 0.00586 e. The fourth-order valence-corrected chi connectivity index (χ4v) is 2.44. The van der Waals surface area contributed by atoms with Crippen LogP contribution in [0.1, 0.15) is 12.8 Å². The van der Waals surface area contributed by atoms with Crippen molar-refractivity contribution in [2.45, 2.75) is 24.1 Å². The van der Waals surface area contributed by atoms with Gasteiger partial charge < -0.3 is 5.73 Å². The van der Waals surface area contributed by atoms with Gasteiger partial charge in [0.2, 0.25) is 0 Å². The largest absolute Gasteiger partial charge is 0.328 e. The predicted molar refractivity (Wildman–Crippen MR) is 41.8 cm³/mol. The van der Waals surface area contributed by atoms with E-state index >= 15 is 0 Å². The quantitative estimate of drug-likeness (QED) is 0.507. The van der Waals surface area contributed by atoms with Gasteiger partial charge in [-0.25, -0.2) is 0 Å². The Balaban J connectivity index is 2.15. The molecule has 0 bridgehead atoms. The lowest BCUT2D eigenvalue weighted by Gasteiger charge is -2.37. The first-order valence-corrected chi connectivity index (χ1v) is 5.42. The average molecular weight is 133 g/mol. The highest BCUT2D eigenvalue weighted by Crippen LogP contribution is 2.37. The lowest BCUT2D eigenvalue weighted by Crippen LogP contribution is -2.39. The normalized spacial score (nSPS) is 38.6. The first-order chi connectivity index (χ1) is 3.70. The molecule has 2 N–H and O–H groups in total. The van der Waals surface area contributed by atoms with Crippen molar-refractivity contribution in [3.05, 3.63) is 0 Å². The molecule has 1 nitrogen and oxygen atoms in total. The van der Waals surface area contributed by atoms with Crippen LogP contribution in [0.15, 0.2) is 0 Å². The van der Waals surface area contributed by atoms with Crippen molar-refractivity contribution in [3.8, 4) is 0 Å². The van der Waals surface area contributed by atoms with E-state index in [4.69, 9.17) is 5.73 Å². The van der Waals surface area contributed by atoms with Crippen LogP contribution in [0.3, 0.4) is 0 Å². The van der Waals surface area contributed by atoms with Crippen LogP contribution in [0.2, 0.25) is 0 Å². The van der Waals surface area contributed by atoms with E-state index in [1.165, 1.54) is 12.8 Å². The van der Waals surface area contributed by atoms with E-state index in [0.29, 0.717) is 16.9 Å². The molecule has 0 saturated heterocycles. The van der Waals surface area contributed by atoms with Crippen LogP contribution < -0.4 is 5.73 Å². The lowest BCUT2D eigenvalue weighted by molar-refractivity contribution is 0.431. The summed E-state index contributed by atoms with van der Waals surface area (Å²) in [6.07, 6.45) is 7.26. The fourth-order valence-electron chi connectivity index (χ4n) is 1.05. The van der Waals surface area contributed by atoms with Crippen LogP contribution in [0, 0.1) is 0 Å². The molecule has 0 amide bonds. The van der Waals surface area contributed by atoms with Crippen LogP contribution in [-0.2, 0) is 0 Å². The van der Waals surface area contributed by atoms with Gasteiger partial charge in [0.15, 0.2) is 0 Å². The van der Waals surface area contributed by atoms with E-state index in [1.54, 1.807) is 0 Å².